The second-order valence-electron chi connectivity index (χ2n) is 11.2. The molecular weight excluding hydrogens is 627 g/mol. The van der Waals surface area contributed by atoms with Gasteiger partial charge in [-0.2, -0.15) is 0 Å². The second-order valence-corrected chi connectivity index (χ2v) is 16.1. The van der Waals surface area contributed by atoms with Crippen molar-refractivity contribution in [2.75, 3.05) is 18.1 Å². The van der Waals surface area contributed by atoms with Crippen molar-refractivity contribution in [3.8, 4) is 5.75 Å². The van der Waals surface area contributed by atoms with Crippen molar-refractivity contribution in [3.05, 3.63) is 93.8 Å². The molecule has 0 radical (unpaired) electrons. The highest BCUT2D eigenvalue weighted by atomic mass is 35.5. The Morgan fingerprint density at radius 3 is 2.44 bits per heavy atom. The molecule has 2 fully saturated rings. The van der Waals surface area contributed by atoms with Crippen LogP contribution in [-0.2, 0) is 42.2 Å². The molecule has 3 atom stereocenters. The molecule has 0 bridgehead atoms. The average molecular weight is 654 g/mol. The molecule has 7 nitrogen and oxygen atoms in total. The molecule has 0 spiro atoms. The van der Waals surface area contributed by atoms with E-state index in [9.17, 15) is 34.8 Å². The lowest BCUT2D eigenvalue weighted by atomic mass is 9.78. The topological polar surface area (TPSA) is 97.8 Å². The van der Waals surface area contributed by atoms with E-state index in [4.69, 9.17) is 16.3 Å². The number of benzene rings is 3. The molecule has 1 amide bonds. The molecule has 2 heterocycles. The highest BCUT2D eigenvalue weighted by molar-refractivity contribution is 7.92. The van der Waals surface area contributed by atoms with Gasteiger partial charge in [-0.1, -0.05) is 17.7 Å². The molecule has 0 saturated carbocycles. The number of aryl methyl sites for hydroxylation is 1. The predicted octanol–water partition coefficient (Wildman–Crippen LogP) is 4.99. The molecule has 13 heteroatoms. The van der Waals surface area contributed by atoms with E-state index in [1.54, 1.807) is 18.2 Å². The summed E-state index contributed by atoms with van der Waals surface area (Å²) < 4.78 is 98.5. The fourth-order valence-corrected chi connectivity index (χ4v) is 11.0. The summed E-state index contributed by atoms with van der Waals surface area (Å²) in [7, 11) is -7.54. The van der Waals surface area contributed by atoms with Crippen molar-refractivity contribution in [1.29, 1.82) is 0 Å². The van der Waals surface area contributed by atoms with Crippen molar-refractivity contribution in [3.63, 3.8) is 0 Å². The monoisotopic (exact) mass is 653 g/mol. The van der Waals surface area contributed by atoms with Gasteiger partial charge in [-0.25, -0.2) is 30.0 Å². The Morgan fingerprint density at radius 2 is 1.74 bits per heavy atom. The van der Waals surface area contributed by atoms with Crippen molar-refractivity contribution in [2.24, 2.45) is 5.92 Å². The number of nitrogens with zero attached hydrogens (tertiary/aromatic N) is 1. The molecule has 2 saturated heterocycles. The molecule has 1 aliphatic carbocycles. The standard InChI is InChI=1S/C30H27ClF3NO6S2/c31-25-15-27(34)26(33)14-20(25)16-41-22-4-7-24-18(13-22)1-8-28-30(24,43(39,40)23-5-2-21(32)3-6-23)10-11-35(28)29(36)19-9-12-42(37,38)17-19/h2-7,13-15,19,28H,1,8-12,16-17H2/t19?,28-,30-/m1/s1. The number of carbonyl (C=O) groups is 1. The van der Waals surface area contributed by atoms with Gasteiger partial charge in [-0.15, -0.1) is 0 Å². The Labute approximate surface area is 252 Å². The molecule has 43 heavy (non-hydrogen) atoms. The Morgan fingerprint density at radius 1 is 1.02 bits per heavy atom. The summed E-state index contributed by atoms with van der Waals surface area (Å²) in [5.74, 6) is -3.82. The summed E-state index contributed by atoms with van der Waals surface area (Å²) in [5.41, 5.74) is 1.39. The van der Waals surface area contributed by atoms with Crippen LogP contribution in [0.2, 0.25) is 5.02 Å². The second kappa shape index (κ2) is 10.8. The van der Waals surface area contributed by atoms with E-state index >= 15 is 0 Å². The molecule has 6 rings (SSSR count). The minimum absolute atomic E-state index is 0.00479. The van der Waals surface area contributed by atoms with Crippen LogP contribution < -0.4 is 4.74 Å². The Bertz CT molecular complexity index is 1830. The van der Waals surface area contributed by atoms with Gasteiger partial charge in [0.25, 0.3) is 0 Å². The van der Waals surface area contributed by atoms with Crippen molar-refractivity contribution in [2.45, 2.75) is 48.0 Å². The zero-order chi connectivity index (χ0) is 30.7. The molecule has 3 aromatic carbocycles. The number of carbonyl (C=O) groups excluding carboxylic acids is 1. The summed E-state index contributed by atoms with van der Waals surface area (Å²) in [5, 5.41) is -0.00479. The van der Waals surface area contributed by atoms with Crippen LogP contribution in [0.15, 0.2) is 59.5 Å². The van der Waals surface area contributed by atoms with E-state index in [1.165, 1.54) is 17.0 Å². The minimum atomic E-state index is -4.20. The lowest BCUT2D eigenvalue weighted by Gasteiger charge is -2.43. The zero-order valence-electron chi connectivity index (χ0n) is 22.7. The maximum atomic E-state index is 14.5. The molecule has 2 aliphatic heterocycles. The largest absolute Gasteiger partial charge is 0.489 e. The van der Waals surface area contributed by atoms with Crippen LogP contribution in [0.3, 0.4) is 0 Å². The first-order valence-corrected chi connectivity index (χ1v) is 17.4. The maximum absolute atomic E-state index is 14.5. The van der Waals surface area contributed by atoms with Crippen LogP contribution in [0.5, 0.6) is 5.75 Å². The Kier molecular flexibility index (Phi) is 7.53. The summed E-state index contributed by atoms with van der Waals surface area (Å²) in [6.07, 6.45) is 0.954. The molecule has 3 aromatic rings. The Hall–Kier alpha value is -3.09. The lowest BCUT2D eigenvalue weighted by Crippen LogP contribution is -2.53. The first kappa shape index (κ1) is 30.0. The van der Waals surface area contributed by atoms with Gasteiger partial charge in [0.15, 0.2) is 31.3 Å². The van der Waals surface area contributed by atoms with Gasteiger partial charge in [0.1, 0.15) is 22.9 Å². The number of hydrogen-bond acceptors (Lipinski definition) is 6. The smallest absolute Gasteiger partial charge is 0.227 e. The van der Waals surface area contributed by atoms with Crippen LogP contribution in [-0.4, -0.2) is 51.7 Å². The number of sulfone groups is 2. The highest BCUT2D eigenvalue weighted by Crippen LogP contribution is 2.53. The van der Waals surface area contributed by atoms with E-state index in [-0.39, 0.29) is 65.3 Å². The van der Waals surface area contributed by atoms with Gasteiger partial charge in [-0.05, 0) is 85.3 Å². The third-order valence-electron chi connectivity index (χ3n) is 8.81. The number of likely N-dealkylation sites (tertiary alicyclic amines) is 1. The van der Waals surface area contributed by atoms with Crippen molar-refractivity contribution in [1.82, 2.24) is 4.90 Å². The molecular formula is C30H27ClF3NO6S2. The first-order chi connectivity index (χ1) is 20.3. The highest BCUT2D eigenvalue weighted by Gasteiger charge is 2.61. The minimum Gasteiger partial charge on any atom is -0.489 e. The normalized spacial score (nSPS) is 24.4. The van der Waals surface area contributed by atoms with Gasteiger partial charge in [-0.3, -0.25) is 4.79 Å². The van der Waals surface area contributed by atoms with Crippen LogP contribution >= 0.6 is 11.6 Å². The molecule has 0 N–H and O–H groups in total. The van der Waals surface area contributed by atoms with Gasteiger partial charge >= 0.3 is 0 Å². The van der Waals surface area contributed by atoms with E-state index in [0.29, 0.717) is 23.3 Å². The van der Waals surface area contributed by atoms with Crippen LogP contribution in [0.1, 0.15) is 36.0 Å². The fraction of sp³-hybridized carbons (Fsp3) is 0.367. The molecule has 0 aromatic heterocycles. The van der Waals surface area contributed by atoms with Gasteiger partial charge < -0.3 is 9.64 Å². The van der Waals surface area contributed by atoms with Crippen molar-refractivity contribution >= 4 is 37.2 Å². The lowest BCUT2D eigenvalue weighted by molar-refractivity contribution is -0.136. The maximum Gasteiger partial charge on any atom is 0.227 e. The quantitative estimate of drug-likeness (QED) is 0.275. The molecule has 3 aliphatic rings. The summed E-state index contributed by atoms with van der Waals surface area (Å²) in [4.78, 5) is 15.1. The molecule has 1 unspecified atom stereocenters. The van der Waals surface area contributed by atoms with E-state index in [1.807, 2.05) is 0 Å². The van der Waals surface area contributed by atoms with Crippen LogP contribution in [0.4, 0.5) is 13.2 Å². The number of fused-ring (bicyclic) bond motifs is 3. The third-order valence-corrected chi connectivity index (χ3v) is 13.5. The summed E-state index contributed by atoms with van der Waals surface area (Å²) in [6.45, 7) is -0.0458. The number of rotatable bonds is 6. The van der Waals surface area contributed by atoms with Crippen LogP contribution in [0, 0.1) is 23.4 Å². The third kappa shape index (κ3) is 5.10. The van der Waals surface area contributed by atoms with E-state index in [2.05, 4.69) is 0 Å². The van der Waals surface area contributed by atoms with Crippen LogP contribution in [0.25, 0.3) is 0 Å². The summed E-state index contributed by atoms with van der Waals surface area (Å²) in [6, 6.07) is 10.5. The zero-order valence-corrected chi connectivity index (χ0v) is 25.1. The SMILES string of the molecule is O=C(C1CCS(=O)(=O)C1)N1CC[C@@]2(S(=O)(=O)c3ccc(F)cc3)c3ccc(OCc4cc(F)c(F)cc4Cl)cc3CC[C@@H]12. The van der Waals surface area contributed by atoms with Crippen molar-refractivity contribution < 1.29 is 39.5 Å². The van der Waals surface area contributed by atoms with E-state index < -0.39 is 53.8 Å². The number of amides is 1. The van der Waals surface area contributed by atoms with Gasteiger partial charge in [0, 0.05) is 12.1 Å². The molecule has 228 valence electrons. The Balaban J connectivity index is 1.38. The van der Waals surface area contributed by atoms with Gasteiger partial charge in [0.05, 0.1) is 33.4 Å². The number of hydrogen-bond donors (Lipinski definition) is 0. The fourth-order valence-electron chi connectivity index (χ4n) is 6.74. The summed E-state index contributed by atoms with van der Waals surface area (Å²) >= 11 is 6.04. The van der Waals surface area contributed by atoms with Gasteiger partial charge in [0.2, 0.25) is 5.91 Å². The van der Waals surface area contributed by atoms with E-state index in [0.717, 1.165) is 24.3 Å². The first-order valence-electron chi connectivity index (χ1n) is 13.7. The average Bonchev–Trinajstić information content (AvgIpc) is 3.55. The number of halogens is 4. The predicted molar refractivity (Wildman–Crippen MR) is 153 cm³/mol. The number of ether oxygens (including phenoxy) is 1.